The molecule has 0 unspecified atom stereocenters. The highest BCUT2D eigenvalue weighted by Gasteiger charge is 2.63. The number of aliphatic hydroxyl groups is 2. The second-order valence-electron chi connectivity index (χ2n) is 19.2. The van der Waals surface area contributed by atoms with Crippen LogP contribution in [-0.2, 0) is 9.59 Å². The highest BCUT2D eigenvalue weighted by Crippen LogP contribution is 2.67. The van der Waals surface area contributed by atoms with Gasteiger partial charge in [0.2, 0.25) is 0 Å². The minimum absolute atomic E-state index is 0.131. The van der Waals surface area contributed by atoms with Gasteiger partial charge in [-0.15, -0.1) is 0 Å². The van der Waals surface area contributed by atoms with Crippen molar-refractivity contribution in [2.45, 2.75) is 157 Å². The smallest absolute Gasteiger partial charge is 0.137 e. The van der Waals surface area contributed by atoms with Crippen LogP contribution in [0.4, 0.5) is 0 Å². The molecule has 0 aliphatic heterocycles. The summed E-state index contributed by atoms with van der Waals surface area (Å²) in [6.45, 7) is 16.2. The minimum atomic E-state index is -0.132. The zero-order valence-corrected chi connectivity index (χ0v) is 30.2. The molecule has 46 heavy (non-hydrogen) atoms. The van der Waals surface area contributed by atoms with Gasteiger partial charge in [0.25, 0.3) is 0 Å². The molecule has 0 aromatic heterocycles. The van der Waals surface area contributed by atoms with E-state index < -0.39 is 0 Å². The van der Waals surface area contributed by atoms with Crippen LogP contribution >= 0.6 is 0 Å². The molecule has 0 radical (unpaired) electrons. The lowest BCUT2D eigenvalue weighted by atomic mass is 9.44. The summed E-state index contributed by atoms with van der Waals surface area (Å²) in [6.07, 6.45) is 17.9. The van der Waals surface area contributed by atoms with Crippen molar-refractivity contribution in [2.24, 2.45) is 69.0 Å². The Morgan fingerprint density at radius 3 is 1.72 bits per heavy atom. The van der Waals surface area contributed by atoms with Gasteiger partial charge >= 0.3 is 0 Å². The molecule has 0 bridgehead atoms. The lowest BCUT2D eigenvalue weighted by Gasteiger charge is -2.59. The van der Waals surface area contributed by atoms with E-state index in [1.165, 1.54) is 56.1 Å². The number of hydrogen-bond acceptors (Lipinski definition) is 4. The van der Waals surface area contributed by atoms with Gasteiger partial charge in [0.05, 0.1) is 12.2 Å². The fraction of sp³-hybridized carbons (Fsp3) is 0.857. The number of rotatable bonds is 0. The third-order valence-corrected chi connectivity index (χ3v) is 17.0. The van der Waals surface area contributed by atoms with Gasteiger partial charge in [0.15, 0.2) is 0 Å². The third kappa shape index (κ3) is 4.79. The number of Topliss-reactive ketones (excluding diaryl/α,β-unsaturated/α-hetero) is 2. The normalized spacial score (nSPS) is 52.5. The third-order valence-electron chi connectivity index (χ3n) is 17.0. The summed E-state index contributed by atoms with van der Waals surface area (Å²) in [7, 11) is 0. The van der Waals surface area contributed by atoms with E-state index in [2.05, 4.69) is 54.5 Å². The first-order valence-electron chi connectivity index (χ1n) is 19.4. The number of hydrogen-bond donors (Lipinski definition) is 2. The summed E-state index contributed by atoms with van der Waals surface area (Å²) in [5.41, 5.74) is 5.06. The highest BCUT2D eigenvalue weighted by atomic mass is 16.3. The number of carbonyl (C=O) groups is 2. The van der Waals surface area contributed by atoms with Gasteiger partial charge in [-0.1, -0.05) is 50.5 Å². The summed E-state index contributed by atoms with van der Waals surface area (Å²) in [5.74, 6) is 5.26. The lowest BCUT2D eigenvalue weighted by molar-refractivity contribution is -0.158. The molecule has 8 rings (SSSR count). The molecule has 4 nitrogen and oxygen atoms in total. The van der Waals surface area contributed by atoms with Crippen molar-refractivity contribution in [2.75, 3.05) is 0 Å². The highest BCUT2D eigenvalue weighted by molar-refractivity contribution is 5.85. The molecule has 0 spiro atoms. The Morgan fingerprint density at radius 2 is 1.20 bits per heavy atom. The molecule has 7 fully saturated rings. The Labute approximate surface area is 279 Å². The Hall–Kier alpha value is -1.26. The van der Waals surface area contributed by atoms with E-state index in [1.807, 2.05) is 0 Å². The zero-order chi connectivity index (χ0) is 33.0. The maximum atomic E-state index is 13.4. The van der Waals surface area contributed by atoms with Gasteiger partial charge in [-0.2, -0.15) is 0 Å². The molecular formula is C42H64O4. The molecule has 7 saturated carbocycles. The van der Waals surface area contributed by atoms with Gasteiger partial charge in [0.1, 0.15) is 11.6 Å². The average molecular weight is 633 g/mol. The van der Waals surface area contributed by atoms with Crippen molar-refractivity contribution in [3.8, 4) is 0 Å². The fourth-order valence-corrected chi connectivity index (χ4v) is 14.5. The quantitative estimate of drug-likeness (QED) is 0.261. The van der Waals surface area contributed by atoms with E-state index in [1.54, 1.807) is 5.57 Å². The van der Waals surface area contributed by atoms with E-state index >= 15 is 0 Å². The molecule has 2 N–H and O–H groups in total. The molecule has 0 heterocycles. The van der Waals surface area contributed by atoms with Crippen LogP contribution in [0, 0.1) is 69.0 Å². The van der Waals surface area contributed by atoms with Crippen LogP contribution < -0.4 is 0 Å². The Balaban J connectivity index is 0.000000147. The van der Waals surface area contributed by atoms with Gasteiger partial charge in [-0.25, -0.2) is 0 Å². The first kappa shape index (κ1) is 33.2. The van der Waals surface area contributed by atoms with Crippen molar-refractivity contribution >= 4 is 11.6 Å². The van der Waals surface area contributed by atoms with Crippen LogP contribution in [0.15, 0.2) is 22.8 Å². The molecule has 4 heteroatoms. The first-order chi connectivity index (χ1) is 21.6. The van der Waals surface area contributed by atoms with Gasteiger partial charge in [0, 0.05) is 24.7 Å². The molecule has 0 saturated heterocycles. The second kappa shape index (κ2) is 11.4. The fourth-order valence-electron chi connectivity index (χ4n) is 14.5. The second-order valence-corrected chi connectivity index (χ2v) is 19.2. The van der Waals surface area contributed by atoms with Crippen LogP contribution in [0.2, 0.25) is 0 Å². The van der Waals surface area contributed by atoms with Crippen molar-refractivity contribution in [3.63, 3.8) is 0 Å². The van der Waals surface area contributed by atoms with Crippen LogP contribution in [0.25, 0.3) is 0 Å². The molecule has 8 aliphatic carbocycles. The van der Waals surface area contributed by atoms with Crippen LogP contribution in [0.3, 0.4) is 0 Å². The zero-order valence-electron chi connectivity index (χ0n) is 30.2. The Morgan fingerprint density at radius 1 is 0.696 bits per heavy atom. The SMILES string of the molecule is CC(C)=C1CC[C@H]2[C@@H]3CC[C@H]4C[C@H](O)CC[C@]4(C)[C@H]3C(=O)C[C@]12C.CC1=CC[C@H]2[C@@H]3CC[C@H]4C[C@H](O)CC[C@]4(C)[C@H]3C(=O)C[C@]12C. The Kier molecular flexibility index (Phi) is 8.24. The summed E-state index contributed by atoms with van der Waals surface area (Å²) in [6, 6.07) is 0. The average Bonchev–Trinajstić information content (AvgIpc) is 3.48. The monoisotopic (exact) mass is 632 g/mol. The summed E-state index contributed by atoms with van der Waals surface area (Å²) in [5, 5.41) is 20.2. The topological polar surface area (TPSA) is 74.6 Å². The van der Waals surface area contributed by atoms with Crippen LogP contribution in [0.1, 0.15) is 145 Å². The maximum absolute atomic E-state index is 13.4. The van der Waals surface area contributed by atoms with E-state index in [9.17, 15) is 19.8 Å². The molecule has 8 aliphatic rings. The number of carbonyl (C=O) groups excluding carboxylic acids is 2. The standard InChI is InChI=1S/C22H34O2.C20H30O2/c1-13(2)17-7-8-18-16-6-5-14-11-15(23)9-10-21(14,3)20(16)19(24)12-22(17,18)4;1-12-4-7-16-15-6-5-13-10-14(21)8-9-19(13,2)18(15)17(22)11-20(12,16)3/h14-16,18,20,23H,5-12H2,1-4H3;4,13-16,18,21H,5-11H2,1-3H3/t14-,15+,16-,18-,20+,21-,22+;13-,14+,15-,16-,18+,19-,20+/m00/s1. The lowest BCUT2D eigenvalue weighted by Crippen LogP contribution is -2.57. The van der Waals surface area contributed by atoms with Gasteiger partial charge < -0.3 is 10.2 Å². The van der Waals surface area contributed by atoms with Crippen LogP contribution in [0.5, 0.6) is 0 Å². The number of aliphatic hydroxyl groups excluding tert-OH is 2. The predicted octanol–water partition coefficient (Wildman–Crippen LogP) is 9.03. The van der Waals surface area contributed by atoms with Gasteiger partial charge in [-0.05, 0) is 161 Å². The van der Waals surface area contributed by atoms with Crippen LogP contribution in [-0.4, -0.2) is 34.0 Å². The van der Waals surface area contributed by atoms with E-state index in [0.717, 1.165) is 51.4 Å². The van der Waals surface area contributed by atoms with Gasteiger partial charge in [-0.3, -0.25) is 9.59 Å². The molecule has 14 atom stereocenters. The Bertz CT molecular complexity index is 1320. The number of fused-ring (bicyclic) bond motifs is 10. The molecule has 0 aromatic carbocycles. The van der Waals surface area contributed by atoms with E-state index in [-0.39, 0.29) is 45.7 Å². The number of allylic oxidation sites excluding steroid dienone is 4. The first-order valence-corrected chi connectivity index (χ1v) is 19.4. The van der Waals surface area contributed by atoms with Crippen molar-refractivity contribution in [3.05, 3.63) is 22.8 Å². The van der Waals surface area contributed by atoms with Crippen molar-refractivity contribution < 1.29 is 19.8 Å². The largest absolute Gasteiger partial charge is 0.393 e. The predicted molar refractivity (Wildman–Crippen MR) is 184 cm³/mol. The number of ketones is 2. The summed E-state index contributed by atoms with van der Waals surface area (Å²) < 4.78 is 0. The van der Waals surface area contributed by atoms with Crippen molar-refractivity contribution in [1.29, 1.82) is 0 Å². The summed E-state index contributed by atoms with van der Waals surface area (Å²) in [4.78, 5) is 26.6. The van der Waals surface area contributed by atoms with E-state index in [0.29, 0.717) is 47.1 Å². The molecule has 0 aromatic rings. The molecular weight excluding hydrogens is 568 g/mol. The van der Waals surface area contributed by atoms with E-state index in [4.69, 9.17) is 0 Å². The van der Waals surface area contributed by atoms with Crippen molar-refractivity contribution in [1.82, 2.24) is 0 Å². The minimum Gasteiger partial charge on any atom is -0.393 e. The maximum Gasteiger partial charge on any atom is 0.137 e. The molecule has 0 amide bonds. The summed E-state index contributed by atoms with van der Waals surface area (Å²) >= 11 is 0. The molecule has 256 valence electrons.